The molecular formula is C12H12ClN3. The number of benzene rings is 1. The lowest BCUT2D eigenvalue weighted by Crippen LogP contribution is -2.14. The normalized spacial score (nSPS) is 14.3. The summed E-state index contributed by atoms with van der Waals surface area (Å²) in [6.07, 6.45) is 4.18. The Hall–Kier alpha value is -1.48. The molecule has 1 aliphatic heterocycles. The molecule has 2 heterocycles. The molecule has 1 aromatic heterocycles. The van der Waals surface area contributed by atoms with Crippen LogP contribution < -0.4 is 5.32 Å². The quantitative estimate of drug-likeness (QED) is 0.821. The Morgan fingerprint density at radius 3 is 3.06 bits per heavy atom. The molecule has 0 saturated heterocycles. The van der Waals surface area contributed by atoms with Crippen LogP contribution in [0.3, 0.4) is 0 Å². The van der Waals surface area contributed by atoms with Gasteiger partial charge in [0.15, 0.2) is 0 Å². The van der Waals surface area contributed by atoms with Gasteiger partial charge in [-0.05, 0) is 25.0 Å². The van der Waals surface area contributed by atoms with Crippen LogP contribution in [0.25, 0.3) is 5.69 Å². The molecule has 2 aromatic rings. The van der Waals surface area contributed by atoms with E-state index in [2.05, 4.69) is 10.4 Å². The highest BCUT2D eigenvalue weighted by Crippen LogP contribution is 2.27. The van der Waals surface area contributed by atoms with Gasteiger partial charge in [-0.15, -0.1) is 0 Å². The standard InChI is InChI=1S/C12H12ClN3/c13-10-5-1-2-6-11(10)16-12-9(8-15-16)4-3-7-14-12/h1-2,5-6,8,14H,3-4,7H2. The predicted octanol–water partition coefficient (Wildman–Crippen LogP) is 2.88. The zero-order valence-corrected chi connectivity index (χ0v) is 9.54. The molecule has 0 aliphatic carbocycles. The third-order valence-corrected chi connectivity index (χ3v) is 3.16. The number of nitrogens with one attached hydrogen (secondary N) is 1. The fourth-order valence-electron chi connectivity index (χ4n) is 2.05. The third-order valence-electron chi connectivity index (χ3n) is 2.84. The first-order valence-electron chi connectivity index (χ1n) is 5.42. The average Bonchev–Trinajstić information content (AvgIpc) is 2.74. The van der Waals surface area contributed by atoms with Gasteiger partial charge < -0.3 is 5.32 Å². The van der Waals surface area contributed by atoms with Crippen LogP contribution in [0.2, 0.25) is 5.02 Å². The minimum absolute atomic E-state index is 0.723. The van der Waals surface area contributed by atoms with Crippen LogP contribution in [-0.4, -0.2) is 16.3 Å². The SMILES string of the molecule is Clc1ccccc1-n1ncc2c1NCCC2. The third kappa shape index (κ3) is 1.48. The van der Waals surface area contributed by atoms with E-state index in [9.17, 15) is 0 Å². The highest BCUT2D eigenvalue weighted by molar-refractivity contribution is 6.32. The predicted molar refractivity (Wildman–Crippen MR) is 65.4 cm³/mol. The van der Waals surface area contributed by atoms with Crippen LogP contribution >= 0.6 is 11.6 Å². The fraction of sp³-hybridized carbons (Fsp3) is 0.250. The average molecular weight is 234 g/mol. The van der Waals surface area contributed by atoms with Crippen molar-refractivity contribution in [3.8, 4) is 5.69 Å². The van der Waals surface area contributed by atoms with Crippen LogP contribution in [0.1, 0.15) is 12.0 Å². The molecule has 0 radical (unpaired) electrons. The first-order chi connectivity index (χ1) is 7.86. The monoisotopic (exact) mass is 233 g/mol. The van der Waals surface area contributed by atoms with Crippen LogP contribution in [-0.2, 0) is 6.42 Å². The van der Waals surface area contributed by atoms with Crippen molar-refractivity contribution < 1.29 is 0 Å². The van der Waals surface area contributed by atoms with Gasteiger partial charge in [0.25, 0.3) is 0 Å². The summed E-state index contributed by atoms with van der Waals surface area (Å²) in [6, 6.07) is 7.76. The van der Waals surface area contributed by atoms with Gasteiger partial charge >= 0.3 is 0 Å². The van der Waals surface area contributed by atoms with Gasteiger partial charge in [-0.25, -0.2) is 4.68 Å². The van der Waals surface area contributed by atoms with E-state index >= 15 is 0 Å². The van der Waals surface area contributed by atoms with Crippen LogP contribution in [0.15, 0.2) is 30.5 Å². The maximum Gasteiger partial charge on any atom is 0.133 e. The van der Waals surface area contributed by atoms with E-state index < -0.39 is 0 Å². The molecule has 1 aliphatic rings. The largest absolute Gasteiger partial charge is 0.370 e. The number of fused-ring (bicyclic) bond motifs is 1. The van der Waals surface area contributed by atoms with E-state index in [1.165, 1.54) is 12.0 Å². The Kier molecular flexibility index (Phi) is 2.33. The smallest absolute Gasteiger partial charge is 0.133 e. The summed E-state index contributed by atoms with van der Waals surface area (Å²) < 4.78 is 1.89. The number of aryl methyl sites for hydroxylation is 1. The Labute approximate surface area is 99.0 Å². The number of halogens is 1. The van der Waals surface area contributed by atoms with Crippen molar-refractivity contribution in [3.05, 3.63) is 41.0 Å². The van der Waals surface area contributed by atoms with Crippen LogP contribution in [0.5, 0.6) is 0 Å². The lowest BCUT2D eigenvalue weighted by Gasteiger charge is -2.16. The Morgan fingerprint density at radius 1 is 1.31 bits per heavy atom. The second-order valence-electron chi connectivity index (χ2n) is 3.91. The van der Waals surface area contributed by atoms with Crippen molar-refractivity contribution in [1.82, 2.24) is 9.78 Å². The second kappa shape index (κ2) is 3.83. The number of nitrogens with zero attached hydrogens (tertiary/aromatic N) is 2. The molecule has 3 nitrogen and oxygen atoms in total. The molecule has 0 unspecified atom stereocenters. The topological polar surface area (TPSA) is 29.9 Å². The summed E-state index contributed by atoms with van der Waals surface area (Å²) in [5, 5.41) is 8.50. The van der Waals surface area contributed by atoms with Gasteiger partial charge in [-0.1, -0.05) is 23.7 Å². The molecule has 0 spiro atoms. The molecular weight excluding hydrogens is 222 g/mol. The Balaban J connectivity index is 2.13. The molecule has 16 heavy (non-hydrogen) atoms. The highest BCUT2D eigenvalue weighted by Gasteiger charge is 2.16. The molecule has 0 atom stereocenters. The highest BCUT2D eigenvalue weighted by atomic mass is 35.5. The molecule has 0 saturated carbocycles. The zero-order valence-electron chi connectivity index (χ0n) is 8.78. The summed E-state index contributed by atoms with van der Waals surface area (Å²) in [5.74, 6) is 1.08. The summed E-state index contributed by atoms with van der Waals surface area (Å²) in [7, 11) is 0. The van der Waals surface area contributed by atoms with Gasteiger partial charge in [0.05, 0.1) is 16.9 Å². The van der Waals surface area contributed by atoms with Crippen molar-refractivity contribution >= 4 is 17.4 Å². The molecule has 82 valence electrons. The Morgan fingerprint density at radius 2 is 2.19 bits per heavy atom. The van der Waals surface area contributed by atoms with Crippen molar-refractivity contribution in [2.24, 2.45) is 0 Å². The number of aromatic nitrogens is 2. The van der Waals surface area contributed by atoms with Crippen LogP contribution in [0.4, 0.5) is 5.82 Å². The van der Waals surface area contributed by atoms with E-state index in [0.717, 1.165) is 29.5 Å². The van der Waals surface area contributed by atoms with Crippen molar-refractivity contribution in [1.29, 1.82) is 0 Å². The minimum atomic E-state index is 0.723. The van der Waals surface area contributed by atoms with Gasteiger partial charge in [0, 0.05) is 12.1 Å². The maximum atomic E-state index is 6.17. The van der Waals surface area contributed by atoms with E-state index in [0.29, 0.717) is 0 Å². The molecule has 4 heteroatoms. The summed E-state index contributed by atoms with van der Waals surface area (Å²) in [6.45, 7) is 1.00. The second-order valence-corrected chi connectivity index (χ2v) is 4.32. The number of anilines is 1. The summed E-state index contributed by atoms with van der Waals surface area (Å²) in [4.78, 5) is 0. The van der Waals surface area contributed by atoms with Crippen molar-refractivity contribution in [2.75, 3.05) is 11.9 Å². The summed E-state index contributed by atoms with van der Waals surface area (Å²) >= 11 is 6.17. The Bertz CT molecular complexity index is 519. The van der Waals surface area contributed by atoms with E-state index in [1.807, 2.05) is 35.1 Å². The van der Waals surface area contributed by atoms with Crippen LogP contribution in [0, 0.1) is 0 Å². The van der Waals surface area contributed by atoms with Crippen molar-refractivity contribution in [3.63, 3.8) is 0 Å². The lowest BCUT2D eigenvalue weighted by molar-refractivity contribution is 0.806. The van der Waals surface area contributed by atoms with E-state index in [-0.39, 0.29) is 0 Å². The number of hydrogen-bond acceptors (Lipinski definition) is 2. The first kappa shape index (κ1) is 9.73. The van der Waals surface area contributed by atoms with Crippen molar-refractivity contribution in [2.45, 2.75) is 12.8 Å². The molecule has 1 N–H and O–H groups in total. The molecule has 0 bridgehead atoms. The molecule has 0 amide bonds. The van der Waals surface area contributed by atoms with Gasteiger partial charge in [0.1, 0.15) is 5.82 Å². The van der Waals surface area contributed by atoms with Gasteiger partial charge in [-0.3, -0.25) is 0 Å². The van der Waals surface area contributed by atoms with Gasteiger partial charge in [0.2, 0.25) is 0 Å². The number of rotatable bonds is 1. The lowest BCUT2D eigenvalue weighted by atomic mass is 10.1. The number of hydrogen-bond donors (Lipinski definition) is 1. The summed E-state index contributed by atoms with van der Waals surface area (Å²) in [5.41, 5.74) is 2.20. The van der Waals surface area contributed by atoms with E-state index in [1.54, 1.807) is 0 Å². The van der Waals surface area contributed by atoms with E-state index in [4.69, 9.17) is 11.6 Å². The number of para-hydroxylation sites is 1. The first-order valence-corrected chi connectivity index (χ1v) is 5.80. The molecule has 1 aromatic carbocycles. The van der Waals surface area contributed by atoms with Gasteiger partial charge in [-0.2, -0.15) is 5.10 Å². The maximum absolute atomic E-state index is 6.17. The fourth-order valence-corrected chi connectivity index (χ4v) is 2.26. The molecule has 0 fully saturated rings. The minimum Gasteiger partial charge on any atom is -0.370 e. The molecule has 3 rings (SSSR count). The zero-order chi connectivity index (χ0) is 11.0.